The largest absolute Gasteiger partial charge is 0.461 e. The maximum atomic E-state index is 11.6. The van der Waals surface area contributed by atoms with Crippen LogP contribution in [-0.4, -0.2) is 24.6 Å². The molecule has 0 aromatic carbocycles. The first-order chi connectivity index (χ1) is 7.77. The highest BCUT2D eigenvalue weighted by molar-refractivity contribution is 5.95. The van der Waals surface area contributed by atoms with Gasteiger partial charge in [-0.05, 0) is 33.3 Å². The second-order valence-electron chi connectivity index (χ2n) is 5.04. The van der Waals surface area contributed by atoms with E-state index in [0.29, 0.717) is 5.57 Å². The summed E-state index contributed by atoms with van der Waals surface area (Å²) in [5.74, 6) is -0.720. The number of hydrogen-bond donors (Lipinski definition) is 0. The molecule has 1 aliphatic rings. The van der Waals surface area contributed by atoms with E-state index in [0.717, 1.165) is 5.57 Å². The zero-order chi connectivity index (χ0) is 13.2. The van der Waals surface area contributed by atoms with Crippen molar-refractivity contribution in [3.63, 3.8) is 0 Å². The van der Waals surface area contributed by atoms with Crippen LogP contribution in [0, 0.1) is 5.41 Å². The summed E-state index contributed by atoms with van der Waals surface area (Å²) >= 11 is 0. The third kappa shape index (κ3) is 2.96. The Morgan fingerprint density at radius 1 is 1.53 bits per heavy atom. The number of hydrogen-bond acceptors (Lipinski definition) is 4. The average Bonchev–Trinajstić information content (AvgIpc) is 2.48. The lowest BCUT2D eigenvalue weighted by Gasteiger charge is -2.18. The van der Waals surface area contributed by atoms with Crippen LogP contribution in [0.3, 0.4) is 0 Å². The minimum absolute atomic E-state index is 0.0605. The molecule has 0 amide bonds. The summed E-state index contributed by atoms with van der Waals surface area (Å²) in [6.45, 7) is 10.7. The zero-order valence-corrected chi connectivity index (χ0v) is 10.7. The molecule has 0 bridgehead atoms. The molecule has 17 heavy (non-hydrogen) atoms. The first-order valence-corrected chi connectivity index (χ1v) is 5.48. The molecule has 1 atom stereocenters. The van der Waals surface area contributed by atoms with Crippen molar-refractivity contribution in [3.05, 3.63) is 23.8 Å². The van der Waals surface area contributed by atoms with Gasteiger partial charge >= 0.3 is 11.9 Å². The van der Waals surface area contributed by atoms with E-state index in [4.69, 9.17) is 9.47 Å². The third-order valence-electron chi connectivity index (χ3n) is 2.56. The Morgan fingerprint density at radius 3 is 2.53 bits per heavy atom. The maximum Gasteiger partial charge on any atom is 0.338 e. The van der Waals surface area contributed by atoms with Crippen LogP contribution in [0.5, 0.6) is 0 Å². The number of esters is 2. The third-order valence-corrected chi connectivity index (χ3v) is 2.56. The molecule has 0 aromatic heterocycles. The molecular weight excluding hydrogens is 220 g/mol. The van der Waals surface area contributed by atoms with E-state index in [1.165, 1.54) is 6.08 Å². The molecular formula is C13H18O4. The number of ether oxygens (including phenoxy) is 2. The molecule has 4 nitrogen and oxygen atoms in total. The lowest BCUT2D eigenvalue weighted by atomic mass is 9.97. The predicted molar refractivity (Wildman–Crippen MR) is 63.2 cm³/mol. The molecule has 0 fully saturated rings. The van der Waals surface area contributed by atoms with Gasteiger partial charge in [-0.25, -0.2) is 4.79 Å². The Labute approximate surface area is 101 Å². The predicted octanol–water partition coefficient (Wildman–Crippen LogP) is 2.00. The van der Waals surface area contributed by atoms with Gasteiger partial charge in [-0.15, -0.1) is 0 Å². The van der Waals surface area contributed by atoms with Gasteiger partial charge < -0.3 is 9.47 Å². The van der Waals surface area contributed by atoms with E-state index in [1.807, 2.05) is 0 Å². The van der Waals surface area contributed by atoms with Crippen LogP contribution in [0.25, 0.3) is 0 Å². The fraction of sp³-hybridized carbons (Fsp3) is 0.538. The second kappa shape index (κ2) is 4.73. The molecule has 0 saturated carbocycles. The molecule has 1 heterocycles. The number of carbonyl (C=O) groups is 2. The SMILES string of the molecule is C=CC1=C(C)[C@@H](COC(=O)C(C)(C)C)OC1=O. The highest BCUT2D eigenvalue weighted by atomic mass is 16.6. The van der Waals surface area contributed by atoms with Crippen LogP contribution >= 0.6 is 0 Å². The van der Waals surface area contributed by atoms with Gasteiger partial charge in [0.2, 0.25) is 0 Å². The smallest absolute Gasteiger partial charge is 0.338 e. The Hall–Kier alpha value is -1.58. The van der Waals surface area contributed by atoms with Crippen molar-refractivity contribution in [2.24, 2.45) is 5.41 Å². The number of carbonyl (C=O) groups excluding carboxylic acids is 2. The zero-order valence-electron chi connectivity index (χ0n) is 10.7. The van der Waals surface area contributed by atoms with Crippen molar-refractivity contribution in [3.8, 4) is 0 Å². The summed E-state index contributed by atoms with van der Waals surface area (Å²) in [6, 6.07) is 0. The van der Waals surface area contributed by atoms with Gasteiger partial charge in [-0.2, -0.15) is 0 Å². The Bertz CT molecular complexity index is 385. The highest BCUT2D eigenvalue weighted by Crippen LogP contribution is 2.24. The van der Waals surface area contributed by atoms with Gasteiger partial charge in [0.25, 0.3) is 0 Å². The summed E-state index contributed by atoms with van der Waals surface area (Å²) in [7, 11) is 0. The van der Waals surface area contributed by atoms with Crippen LogP contribution < -0.4 is 0 Å². The fourth-order valence-electron chi connectivity index (χ4n) is 1.39. The van der Waals surface area contributed by atoms with Crippen LogP contribution in [0.15, 0.2) is 23.8 Å². The summed E-state index contributed by atoms with van der Waals surface area (Å²) in [5.41, 5.74) is 0.662. The van der Waals surface area contributed by atoms with Gasteiger partial charge in [-0.1, -0.05) is 12.7 Å². The standard InChI is InChI=1S/C13H18O4/c1-6-9-8(2)10(17-11(9)14)7-16-12(15)13(3,4)5/h6,10H,1,7H2,2-5H3/t10-/m1/s1. The van der Waals surface area contributed by atoms with E-state index >= 15 is 0 Å². The fourth-order valence-corrected chi connectivity index (χ4v) is 1.39. The first-order valence-electron chi connectivity index (χ1n) is 5.48. The lowest BCUT2D eigenvalue weighted by molar-refractivity contribution is -0.159. The van der Waals surface area contributed by atoms with Crippen molar-refractivity contribution in [1.29, 1.82) is 0 Å². The summed E-state index contributed by atoms with van der Waals surface area (Å²) < 4.78 is 10.2. The molecule has 0 radical (unpaired) electrons. The topological polar surface area (TPSA) is 52.6 Å². The van der Waals surface area contributed by atoms with Crippen molar-refractivity contribution in [1.82, 2.24) is 0 Å². The van der Waals surface area contributed by atoms with Crippen LogP contribution in [0.4, 0.5) is 0 Å². The second-order valence-corrected chi connectivity index (χ2v) is 5.04. The monoisotopic (exact) mass is 238 g/mol. The van der Waals surface area contributed by atoms with E-state index in [1.54, 1.807) is 27.7 Å². The molecule has 0 spiro atoms. The van der Waals surface area contributed by atoms with Crippen molar-refractivity contribution >= 4 is 11.9 Å². The van der Waals surface area contributed by atoms with E-state index in [-0.39, 0.29) is 12.6 Å². The minimum Gasteiger partial charge on any atom is -0.461 e. The molecule has 1 rings (SSSR count). The highest BCUT2D eigenvalue weighted by Gasteiger charge is 2.32. The van der Waals surface area contributed by atoms with Gasteiger partial charge in [0.1, 0.15) is 6.61 Å². The average molecular weight is 238 g/mol. The van der Waals surface area contributed by atoms with E-state index in [9.17, 15) is 9.59 Å². The van der Waals surface area contributed by atoms with Crippen LogP contribution in [0.2, 0.25) is 0 Å². The van der Waals surface area contributed by atoms with Gasteiger partial charge in [0.15, 0.2) is 6.10 Å². The van der Waals surface area contributed by atoms with E-state index in [2.05, 4.69) is 6.58 Å². The number of rotatable bonds is 3. The molecule has 0 N–H and O–H groups in total. The summed E-state index contributed by atoms with van der Waals surface area (Å²) in [6.07, 6.45) is 0.977. The van der Waals surface area contributed by atoms with E-state index < -0.39 is 17.5 Å². The molecule has 0 aliphatic carbocycles. The quantitative estimate of drug-likeness (QED) is 0.706. The van der Waals surface area contributed by atoms with Crippen LogP contribution in [0.1, 0.15) is 27.7 Å². The van der Waals surface area contributed by atoms with Gasteiger partial charge in [-0.3, -0.25) is 4.79 Å². The Kier molecular flexibility index (Phi) is 3.76. The first kappa shape index (κ1) is 13.5. The molecule has 1 aliphatic heterocycles. The normalized spacial score (nSPS) is 20.2. The van der Waals surface area contributed by atoms with Crippen LogP contribution in [-0.2, 0) is 19.1 Å². The van der Waals surface area contributed by atoms with Crippen molar-refractivity contribution in [2.75, 3.05) is 6.61 Å². The molecule has 0 saturated heterocycles. The maximum absolute atomic E-state index is 11.6. The molecule has 0 unspecified atom stereocenters. The van der Waals surface area contributed by atoms with Crippen molar-refractivity contribution in [2.45, 2.75) is 33.8 Å². The van der Waals surface area contributed by atoms with Crippen molar-refractivity contribution < 1.29 is 19.1 Å². The Morgan fingerprint density at radius 2 is 2.12 bits per heavy atom. The number of cyclic esters (lactones) is 1. The molecule has 0 aromatic rings. The molecule has 94 valence electrons. The van der Waals surface area contributed by atoms with Gasteiger partial charge in [0, 0.05) is 0 Å². The Balaban J connectivity index is 2.62. The lowest BCUT2D eigenvalue weighted by Crippen LogP contribution is -2.28. The van der Waals surface area contributed by atoms with Gasteiger partial charge in [0.05, 0.1) is 11.0 Å². The minimum atomic E-state index is -0.554. The summed E-state index contributed by atoms with van der Waals surface area (Å²) in [4.78, 5) is 22.9. The summed E-state index contributed by atoms with van der Waals surface area (Å²) in [5, 5.41) is 0. The molecule has 4 heteroatoms.